The largest absolute Gasteiger partial charge is 0.374 e. The SMILES string of the molecule is CCNC(COC(C)(C)C)Cc1ccncc1. The van der Waals surface area contributed by atoms with E-state index in [1.54, 1.807) is 0 Å². The van der Waals surface area contributed by atoms with E-state index in [0.29, 0.717) is 6.04 Å². The highest BCUT2D eigenvalue weighted by Gasteiger charge is 2.15. The molecule has 0 aliphatic heterocycles. The van der Waals surface area contributed by atoms with Gasteiger partial charge in [0.1, 0.15) is 0 Å². The molecule has 1 aromatic rings. The molecule has 0 bridgehead atoms. The summed E-state index contributed by atoms with van der Waals surface area (Å²) >= 11 is 0. The highest BCUT2D eigenvalue weighted by molar-refractivity contribution is 5.11. The minimum Gasteiger partial charge on any atom is -0.374 e. The van der Waals surface area contributed by atoms with Crippen molar-refractivity contribution >= 4 is 0 Å². The molecule has 0 spiro atoms. The van der Waals surface area contributed by atoms with Crippen LogP contribution in [-0.4, -0.2) is 29.8 Å². The summed E-state index contributed by atoms with van der Waals surface area (Å²) in [7, 11) is 0. The van der Waals surface area contributed by atoms with E-state index in [1.807, 2.05) is 12.4 Å². The van der Waals surface area contributed by atoms with E-state index >= 15 is 0 Å². The molecule has 0 saturated carbocycles. The first kappa shape index (κ1) is 14.1. The van der Waals surface area contributed by atoms with Gasteiger partial charge in [0.15, 0.2) is 0 Å². The number of aromatic nitrogens is 1. The lowest BCUT2D eigenvalue weighted by Gasteiger charge is -2.25. The van der Waals surface area contributed by atoms with Crippen LogP contribution in [0.2, 0.25) is 0 Å². The van der Waals surface area contributed by atoms with E-state index in [0.717, 1.165) is 19.6 Å². The van der Waals surface area contributed by atoms with Gasteiger partial charge >= 0.3 is 0 Å². The Bertz CT molecular complexity index is 306. The topological polar surface area (TPSA) is 34.1 Å². The van der Waals surface area contributed by atoms with E-state index in [1.165, 1.54) is 5.56 Å². The minimum atomic E-state index is -0.0775. The number of hydrogen-bond acceptors (Lipinski definition) is 3. The lowest BCUT2D eigenvalue weighted by molar-refractivity contribution is -0.0141. The molecule has 0 amide bonds. The van der Waals surface area contributed by atoms with Gasteiger partial charge in [0.05, 0.1) is 12.2 Å². The summed E-state index contributed by atoms with van der Waals surface area (Å²) in [6.45, 7) is 10.1. The van der Waals surface area contributed by atoms with Crippen molar-refractivity contribution in [3.8, 4) is 0 Å². The standard InChI is InChI=1S/C14H24N2O/c1-5-16-13(11-17-14(2,3)4)10-12-6-8-15-9-7-12/h6-9,13,16H,5,10-11H2,1-4H3. The molecule has 1 heterocycles. The monoisotopic (exact) mass is 236 g/mol. The minimum absolute atomic E-state index is 0.0775. The molecule has 1 unspecified atom stereocenters. The zero-order valence-electron chi connectivity index (χ0n) is 11.4. The van der Waals surface area contributed by atoms with Crippen molar-refractivity contribution in [3.63, 3.8) is 0 Å². The number of nitrogens with one attached hydrogen (secondary N) is 1. The maximum Gasteiger partial charge on any atom is 0.0629 e. The van der Waals surface area contributed by atoms with E-state index in [-0.39, 0.29) is 5.60 Å². The lowest BCUT2D eigenvalue weighted by Crippen LogP contribution is -2.38. The third-order valence-electron chi connectivity index (χ3n) is 2.44. The Morgan fingerprint density at radius 1 is 1.29 bits per heavy atom. The predicted molar refractivity (Wildman–Crippen MR) is 71.1 cm³/mol. The van der Waals surface area contributed by atoms with Crippen LogP contribution < -0.4 is 5.32 Å². The molecule has 96 valence electrons. The molecule has 1 atom stereocenters. The average Bonchev–Trinajstić information content (AvgIpc) is 2.27. The van der Waals surface area contributed by atoms with Gasteiger partial charge in [-0.25, -0.2) is 0 Å². The van der Waals surface area contributed by atoms with Crippen LogP contribution in [0.25, 0.3) is 0 Å². The molecule has 3 nitrogen and oxygen atoms in total. The molecule has 3 heteroatoms. The van der Waals surface area contributed by atoms with Gasteiger partial charge in [-0.05, 0) is 51.4 Å². The van der Waals surface area contributed by atoms with Crippen molar-refractivity contribution in [2.24, 2.45) is 0 Å². The molecule has 0 aliphatic carbocycles. The van der Waals surface area contributed by atoms with Gasteiger partial charge in [0.25, 0.3) is 0 Å². The normalized spacial score (nSPS) is 13.6. The van der Waals surface area contributed by atoms with Gasteiger partial charge in [-0.2, -0.15) is 0 Å². The quantitative estimate of drug-likeness (QED) is 0.823. The van der Waals surface area contributed by atoms with Crippen LogP contribution in [0.5, 0.6) is 0 Å². The molecular weight excluding hydrogens is 212 g/mol. The summed E-state index contributed by atoms with van der Waals surface area (Å²) in [5.41, 5.74) is 1.22. The molecule has 1 aromatic heterocycles. The second kappa shape index (κ2) is 6.72. The highest BCUT2D eigenvalue weighted by atomic mass is 16.5. The lowest BCUT2D eigenvalue weighted by atomic mass is 10.1. The maximum atomic E-state index is 5.84. The van der Waals surface area contributed by atoms with E-state index in [4.69, 9.17) is 4.74 Å². The van der Waals surface area contributed by atoms with Crippen LogP contribution in [0, 0.1) is 0 Å². The van der Waals surface area contributed by atoms with Crippen molar-refractivity contribution in [2.45, 2.75) is 45.8 Å². The van der Waals surface area contributed by atoms with Gasteiger partial charge in [0.2, 0.25) is 0 Å². The predicted octanol–water partition coefficient (Wildman–Crippen LogP) is 2.42. The Hall–Kier alpha value is -0.930. The van der Waals surface area contributed by atoms with Gasteiger partial charge in [-0.15, -0.1) is 0 Å². The van der Waals surface area contributed by atoms with Crippen LogP contribution in [0.3, 0.4) is 0 Å². The summed E-state index contributed by atoms with van der Waals surface area (Å²) in [4.78, 5) is 4.03. The summed E-state index contributed by atoms with van der Waals surface area (Å²) in [5.74, 6) is 0. The molecule has 0 aliphatic rings. The highest BCUT2D eigenvalue weighted by Crippen LogP contribution is 2.09. The van der Waals surface area contributed by atoms with Gasteiger partial charge in [-0.1, -0.05) is 6.92 Å². The molecule has 0 saturated heterocycles. The third-order valence-corrected chi connectivity index (χ3v) is 2.44. The fraction of sp³-hybridized carbons (Fsp3) is 0.643. The molecule has 0 fully saturated rings. The fourth-order valence-electron chi connectivity index (χ4n) is 1.63. The number of hydrogen-bond donors (Lipinski definition) is 1. The number of ether oxygens (including phenoxy) is 1. The Labute approximate surface area is 105 Å². The van der Waals surface area contributed by atoms with Crippen molar-refractivity contribution in [1.29, 1.82) is 0 Å². The Morgan fingerprint density at radius 2 is 1.94 bits per heavy atom. The first-order chi connectivity index (χ1) is 8.01. The molecule has 1 N–H and O–H groups in total. The van der Waals surface area contributed by atoms with Crippen LogP contribution in [0.4, 0.5) is 0 Å². The Balaban J connectivity index is 2.49. The van der Waals surface area contributed by atoms with Crippen molar-refractivity contribution in [1.82, 2.24) is 10.3 Å². The summed E-state index contributed by atoms with van der Waals surface area (Å²) in [6.07, 6.45) is 4.65. The molecule has 1 rings (SSSR count). The van der Waals surface area contributed by atoms with Gasteiger partial charge in [0, 0.05) is 18.4 Å². The Morgan fingerprint density at radius 3 is 2.47 bits per heavy atom. The second-order valence-electron chi connectivity index (χ2n) is 5.24. The Kier molecular flexibility index (Phi) is 5.59. The van der Waals surface area contributed by atoms with Crippen LogP contribution >= 0.6 is 0 Å². The molecular formula is C14H24N2O. The first-order valence-electron chi connectivity index (χ1n) is 6.27. The van der Waals surface area contributed by atoms with Crippen LogP contribution in [0.1, 0.15) is 33.3 Å². The van der Waals surface area contributed by atoms with E-state index < -0.39 is 0 Å². The number of rotatable bonds is 6. The second-order valence-corrected chi connectivity index (χ2v) is 5.24. The summed E-state index contributed by atoms with van der Waals surface area (Å²) in [6, 6.07) is 4.48. The van der Waals surface area contributed by atoms with Crippen LogP contribution in [0.15, 0.2) is 24.5 Å². The van der Waals surface area contributed by atoms with Crippen molar-refractivity contribution in [3.05, 3.63) is 30.1 Å². The first-order valence-corrected chi connectivity index (χ1v) is 6.27. The van der Waals surface area contributed by atoms with Crippen molar-refractivity contribution < 1.29 is 4.74 Å². The summed E-state index contributed by atoms with van der Waals surface area (Å²) < 4.78 is 5.84. The van der Waals surface area contributed by atoms with Crippen LogP contribution in [-0.2, 0) is 11.2 Å². The number of pyridine rings is 1. The zero-order valence-corrected chi connectivity index (χ0v) is 11.4. The smallest absolute Gasteiger partial charge is 0.0629 e. The zero-order chi connectivity index (χ0) is 12.7. The molecule has 17 heavy (non-hydrogen) atoms. The van der Waals surface area contributed by atoms with Crippen molar-refractivity contribution in [2.75, 3.05) is 13.2 Å². The molecule has 0 aromatic carbocycles. The number of nitrogens with zero attached hydrogens (tertiary/aromatic N) is 1. The van der Waals surface area contributed by atoms with E-state index in [2.05, 4.69) is 50.1 Å². The maximum absolute atomic E-state index is 5.84. The van der Waals surface area contributed by atoms with Gasteiger partial charge in [-0.3, -0.25) is 4.98 Å². The third kappa shape index (κ3) is 6.39. The van der Waals surface area contributed by atoms with Gasteiger partial charge < -0.3 is 10.1 Å². The number of likely N-dealkylation sites (N-methyl/N-ethyl adjacent to an activating group) is 1. The fourth-order valence-corrected chi connectivity index (χ4v) is 1.63. The summed E-state index contributed by atoms with van der Waals surface area (Å²) in [5, 5.41) is 3.46. The molecule has 0 radical (unpaired) electrons. The van der Waals surface area contributed by atoms with E-state index in [9.17, 15) is 0 Å². The average molecular weight is 236 g/mol.